The second-order valence-corrected chi connectivity index (χ2v) is 4.26. The van der Waals surface area contributed by atoms with Crippen LogP contribution in [0.3, 0.4) is 0 Å². The molecule has 3 heteroatoms. The van der Waals surface area contributed by atoms with Crippen molar-refractivity contribution in [2.45, 2.75) is 32.2 Å². The first-order valence-electron chi connectivity index (χ1n) is 6.04. The van der Waals surface area contributed by atoms with Crippen LogP contribution >= 0.6 is 0 Å². The predicted octanol–water partition coefficient (Wildman–Crippen LogP) is 2.16. The van der Waals surface area contributed by atoms with Crippen molar-refractivity contribution in [3.8, 4) is 0 Å². The molecule has 1 amide bonds. The Bertz CT molecular complexity index is 324. The molecule has 0 bridgehead atoms. The quantitative estimate of drug-likeness (QED) is 0.786. The molecule has 0 heterocycles. The number of amides is 1. The van der Waals surface area contributed by atoms with Crippen molar-refractivity contribution in [2.75, 3.05) is 13.7 Å². The van der Waals surface area contributed by atoms with E-state index in [0.29, 0.717) is 13.0 Å². The lowest BCUT2D eigenvalue weighted by atomic mass is 10.1. The Morgan fingerprint density at radius 1 is 1.35 bits per heavy atom. The number of carbonyl (C=O) groups is 1. The Morgan fingerprint density at radius 3 is 2.71 bits per heavy atom. The summed E-state index contributed by atoms with van der Waals surface area (Å²) in [5.74, 6) is 0.102. The van der Waals surface area contributed by atoms with Crippen LogP contribution in [-0.2, 0) is 16.0 Å². The van der Waals surface area contributed by atoms with Gasteiger partial charge in [0.2, 0.25) is 5.91 Å². The molecule has 17 heavy (non-hydrogen) atoms. The summed E-state index contributed by atoms with van der Waals surface area (Å²) < 4.78 is 4.96. The third-order valence-electron chi connectivity index (χ3n) is 2.54. The highest BCUT2D eigenvalue weighted by Crippen LogP contribution is 2.04. The molecule has 94 valence electrons. The van der Waals surface area contributed by atoms with Crippen LogP contribution in [0, 0.1) is 0 Å². The van der Waals surface area contributed by atoms with Crippen LogP contribution in [-0.4, -0.2) is 25.7 Å². The molecule has 1 atom stereocenters. The highest BCUT2D eigenvalue weighted by atomic mass is 16.5. The standard InChI is InChI=1S/C14H21NO2/c1-12(11-17-2)15-14(16)10-6-9-13-7-4-3-5-8-13/h3-5,7-8,12H,6,9-11H2,1-2H3,(H,15,16)/t12-/m1/s1. The van der Waals surface area contributed by atoms with Crippen LogP contribution < -0.4 is 5.32 Å². The number of nitrogens with one attached hydrogen (secondary N) is 1. The van der Waals surface area contributed by atoms with Gasteiger partial charge in [0.25, 0.3) is 0 Å². The van der Waals surface area contributed by atoms with Gasteiger partial charge in [0, 0.05) is 19.6 Å². The molecule has 0 fully saturated rings. The summed E-state index contributed by atoms with van der Waals surface area (Å²) in [6.07, 6.45) is 2.41. The van der Waals surface area contributed by atoms with Crippen molar-refractivity contribution >= 4 is 5.91 Å². The maximum Gasteiger partial charge on any atom is 0.220 e. The fourth-order valence-corrected chi connectivity index (χ4v) is 1.74. The number of hydrogen-bond donors (Lipinski definition) is 1. The number of hydrogen-bond acceptors (Lipinski definition) is 2. The lowest BCUT2D eigenvalue weighted by Crippen LogP contribution is -2.35. The monoisotopic (exact) mass is 235 g/mol. The maximum atomic E-state index is 11.6. The average Bonchev–Trinajstić information content (AvgIpc) is 2.30. The molecule has 1 N–H and O–H groups in total. The Labute approximate surface area is 103 Å². The minimum atomic E-state index is 0.0872. The highest BCUT2D eigenvalue weighted by molar-refractivity contribution is 5.76. The molecule has 1 aromatic rings. The molecular formula is C14H21NO2. The molecule has 3 nitrogen and oxygen atoms in total. The van der Waals surface area contributed by atoms with Crippen molar-refractivity contribution < 1.29 is 9.53 Å². The number of methoxy groups -OCH3 is 1. The van der Waals surface area contributed by atoms with Gasteiger partial charge in [-0.05, 0) is 25.3 Å². The second-order valence-electron chi connectivity index (χ2n) is 4.26. The molecule has 0 aliphatic carbocycles. The van der Waals surface area contributed by atoms with Crippen LogP contribution in [0.25, 0.3) is 0 Å². The van der Waals surface area contributed by atoms with Gasteiger partial charge in [0.15, 0.2) is 0 Å². The van der Waals surface area contributed by atoms with Crippen molar-refractivity contribution in [3.63, 3.8) is 0 Å². The van der Waals surface area contributed by atoms with E-state index < -0.39 is 0 Å². The Morgan fingerprint density at radius 2 is 2.06 bits per heavy atom. The minimum Gasteiger partial charge on any atom is -0.383 e. The number of aryl methyl sites for hydroxylation is 1. The van der Waals surface area contributed by atoms with E-state index in [1.807, 2.05) is 25.1 Å². The summed E-state index contributed by atoms with van der Waals surface area (Å²) in [6, 6.07) is 10.3. The van der Waals surface area contributed by atoms with Gasteiger partial charge in [-0.1, -0.05) is 30.3 Å². The summed E-state index contributed by atoms with van der Waals surface area (Å²) in [5.41, 5.74) is 1.28. The molecule has 0 aliphatic rings. The van der Waals surface area contributed by atoms with Gasteiger partial charge in [-0.15, -0.1) is 0 Å². The van der Waals surface area contributed by atoms with Gasteiger partial charge in [-0.3, -0.25) is 4.79 Å². The minimum absolute atomic E-state index is 0.0872. The van der Waals surface area contributed by atoms with Crippen LogP contribution in [0.15, 0.2) is 30.3 Å². The molecular weight excluding hydrogens is 214 g/mol. The largest absolute Gasteiger partial charge is 0.383 e. The molecule has 0 saturated heterocycles. The first-order chi connectivity index (χ1) is 8.22. The third kappa shape index (κ3) is 6.07. The van der Waals surface area contributed by atoms with Crippen molar-refractivity contribution in [3.05, 3.63) is 35.9 Å². The van der Waals surface area contributed by atoms with Crippen LogP contribution in [0.1, 0.15) is 25.3 Å². The first kappa shape index (κ1) is 13.7. The van der Waals surface area contributed by atoms with Crippen molar-refractivity contribution in [2.24, 2.45) is 0 Å². The fourth-order valence-electron chi connectivity index (χ4n) is 1.74. The van der Waals surface area contributed by atoms with E-state index in [9.17, 15) is 4.79 Å². The van der Waals surface area contributed by atoms with E-state index in [-0.39, 0.29) is 11.9 Å². The topological polar surface area (TPSA) is 38.3 Å². The van der Waals surface area contributed by atoms with Gasteiger partial charge in [0.1, 0.15) is 0 Å². The van der Waals surface area contributed by atoms with Crippen LogP contribution in [0.2, 0.25) is 0 Å². The molecule has 0 aliphatic heterocycles. The first-order valence-corrected chi connectivity index (χ1v) is 6.04. The smallest absolute Gasteiger partial charge is 0.220 e. The van der Waals surface area contributed by atoms with Crippen LogP contribution in [0.5, 0.6) is 0 Å². The molecule has 0 unspecified atom stereocenters. The Balaban J connectivity index is 2.16. The molecule has 1 aromatic carbocycles. The SMILES string of the molecule is COC[C@@H](C)NC(=O)CCCc1ccccc1. The lowest BCUT2D eigenvalue weighted by molar-refractivity contribution is -0.122. The third-order valence-corrected chi connectivity index (χ3v) is 2.54. The number of benzene rings is 1. The van der Waals surface area contributed by atoms with Crippen LogP contribution in [0.4, 0.5) is 0 Å². The average molecular weight is 235 g/mol. The summed E-state index contributed by atoms with van der Waals surface area (Å²) in [5, 5.41) is 2.90. The fraction of sp³-hybridized carbons (Fsp3) is 0.500. The summed E-state index contributed by atoms with van der Waals surface area (Å²) in [6.45, 7) is 2.50. The van der Waals surface area contributed by atoms with Gasteiger partial charge >= 0.3 is 0 Å². The van der Waals surface area contributed by atoms with E-state index in [4.69, 9.17) is 4.74 Å². The number of rotatable bonds is 7. The Kier molecular flexibility index (Phi) is 6.33. The number of carbonyl (C=O) groups excluding carboxylic acids is 1. The van der Waals surface area contributed by atoms with Crippen molar-refractivity contribution in [1.29, 1.82) is 0 Å². The molecule has 0 aromatic heterocycles. The van der Waals surface area contributed by atoms with Crippen molar-refractivity contribution in [1.82, 2.24) is 5.32 Å². The summed E-state index contributed by atoms with van der Waals surface area (Å²) in [4.78, 5) is 11.6. The summed E-state index contributed by atoms with van der Waals surface area (Å²) in [7, 11) is 1.64. The van der Waals surface area contributed by atoms with E-state index in [0.717, 1.165) is 12.8 Å². The molecule has 0 spiro atoms. The normalized spacial score (nSPS) is 12.1. The van der Waals surface area contributed by atoms with E-state index >= 15 is 0 Å². The number of ether oxygens (including phenoxy) is 1. The summed E-state index contributed by atoms with van der Waals surface area (Å²) >= 11 is 0. The highest BCUT2D eigenvalue weighted by Gasteiger charge is 2.06. The molecule has 0 radical (unpaired) electrons. The van der Waals surface area contributed by atoms with Gasteiger partial charge in [-0.2, -0.15) is 0 Å². The predicted molar refractivity (Wildman–Crippen MR) is 68.9 cm³/mol. The van der Waals surface area contributed by atoms with Gasteiger partial charge < -0.3 is 10.1 Å². The molecule has 1 rings (SSSR count). The zero-order chi connectivity index (χ0) is 12.5. The lowest BCUT2D eigenvalue weighted by Gasteiger charge is -2.12. The maximum absolute atomic E-state index is 11.6. The van der Waals surface area contributed by atoms with Gasteiger partial charge in [0.05, 0.1) is 6.61 Å². The van der Waals surface area contributed by atoms with Gasteiger partial charge in [-0.25, -0.2) is 0 Å². The zero-order valence-corrected chi connectivity index (χ0v) is 10.6. The van der Waals surface area contributed by atoms with E-state index in [2.05, 4.69) is 17.4 Å². The zero-order valence-electron chi connectivity index (χ0n) is 10.6. The van der Waals surface area contributed by atoms with E-state index in [1.54, 1.807) is 7.11 Å². The Hall–Kier alpha value is -1.35. The second kappa shape index (κ2) is 7.85. The molecule has 0 saturated carbocycles. The van der Waals surface area contributed by atoms with E-state index in [1.165, 1.54) is 5.56 Å².